The van der Waals surface area contributed by atoms with Gasteiger partial charge < -0.3 is 14.7 Å². The minimum Gasteiger partial charge on any atom is -0.460 e. The summed E-state index contributed by atoms with van der Waals surface area (Å²) in [5.74, 6) is -0.650. The van der Waals surface area contributed by atoms with Crippen molar-refractivity contribution in [3.63, 3.8) is 0 Å². The highest BCUT2D eigenvalue weighted by molar-refractivity contribution is 14.1. The van der Waals surface area contributed by atoms with E-state index in [2.05, 4.69) is 22.6 Å². The van der Waals surface area contributed by atoms with Crippen molar-refractivity contribution in [1.29, 1.82) is 0 Å². The molecule has 0 bridgehead atoms. The number of nitrogens with zero attached hydrogens (tertiary/aromatic N) is 1. The molecule has 1 aromatic rings. The van der Waals surface area contributed by atoms with Gasteiger partial charge in [-0.25, -0.2) is 4.39 Å². The molecule has 0 amide bonds. The lowest BCUT2D eigenvalue weighted by Crippen LogP contribution is -2.46. The molecular formula is C17H23FINO3. The number of carbonyl (C=O) groups excluding carboxylic acids is 1. The second-order valence-electron chi connectivity index (χ2n) is 7.07. The average Bonchev–Trinajstić information content (AvgIpc) is 2.37. The van der Waals surface area contributed by atoms with Crippen molar-refractivity contribution >= 4 is 34.2 Å². The zero-order valence-electron chi connectivity index (χ0n) is 13.7. The molecule has 0 radical (unpaired) electrons. The van der Waals surface area contributed by atoms with Crippen molar-refractivity contribution in [2.75, 3.05) is 18.0 Å². The third kappa shape index (κ3) is 5.31. The summed E-state index contributed by atoms with van der Waals surface area (Å²) in [6.45, 7) is 6.43. The van der Waals surface area contributed by atoms with Crippen LogP contribution in [0, 0.1) is 9.39 Å². The summed E-state index contributed by atoms with van der Waals surface area (Å²) in [5.41, 5.74) is -1.08. The van der Waals surface area contributed by atoms with Gasteiger partial charge in [-0.15, -0.1) is 0 Å². The lowest BCUT2D eigenvalue weighted by molar-refractivity contribution is -0.161. The molecular weight excluding hydrogens is 412 g/mol. The topological polar surface area (TPSA) is 49.8 Å². The van der Waals surface area contributed by atoms with E-state index in [4.69, 9.17) is 4.74 Å². The summed E-state index contributed by atoms with van der Waals surface area (Å²) >= 11 is 2.07. The third-order valence-electron chi connectivity index (χ3n) is 3.84. The van der Waals surface area contributed by atoms with Crippen molar-refractivity contribution in [3.05, 3.63) is 27.6 Å². The molecule has 0 aromatic heterocycles. The summed E-state index contributed by atoms with van der Waals surface area (Å²) in [5, 5.41) is 10.6. The maximum absolute atomic E-state index is 14.0. The molecule has 128 valence electrons. The first kappa shape index (κ1) is 18.4. The zero-order valence-corrected chi connectivity index (χ0v) is 15.9. The second kappa shape index (κ2) is 6.93. The Labute approximate surface area is 150 Å². The number of carbonyl (C=O) groups is 1. The summed E-state index contributed by atoms with van der Waals surface area (Å²) in [6, 6.07) is 5.12. The molecule has 1 aromatic carbocycles. The summed E-state index contributed by atoms with van der Waals surface area (Å²) < 4.78 is 20.2. The van der Waals surface area contributed by atoms with Gasteiger partial charge in [-0.1, -0.05) is 0 Å². The largest absolute Gasteiger partial charge is 0.460 e. The summed E-state index contributed by atoms with van der Waals surface area (Å²) in [7, 11) is 0. The van der Waals surface area contributed by atoms with Gasteiger partial charge in [-0.3, -0.25) is 4.79 Å². The fraction of sp³-hybridized carbons (Fsp3) is 0.588. The van der Waals surface area contributed by atoms with E-state index in [1.807, 2.05) is 11.0 Å². The number of ether oxygens (including phenoxy) is 1. The molecule has 0 saturated carbocycles. The lowest BCUT2D eigenvalue weighted by Gasteiger charge is -2.39. The summed E-state index contributed by atoms with van der Waals surface area (Å²) in [6.07, 6.45) is 0.808. The first-order valence-electron chi connectivity index (χ1n) is 7.72. The van der Waals surface area contributed by atoms with Crippen LogP contribution >= 0.6 is 22.6 Å². The van der Waals surface area contributed by atoms with Crippen molar-refractivity contribution in [1.82, 2.24) is 0 Å². The van der Waals surface area contributed by atoms with Gasteiger partial charge in [-0.2, -0.15) is 0 Å². The predicted molar refractivity (Wildman–Crippen MR) is 96.0 cm³/mol. The first-order chi connectivity index (χ1) is 10.6. The number of anilines is 1. The van der Waals surface area contributed by atoms with E-state index < -0.39 is 17.2 Å². The fourth-order valence-corrected chi connectivity index (χ4v) is 3.18. The number of aliphatic hydroxyl groups is 1. The van der Waals surface area contributed by atoms with E-state index in [9.17, 15) is 14.3 Å². The molecule has 1 N–H and O–H groups in total. The Bertz CT molecular complexity index is 578. The van der Waals surface area contributed by atoms with E-state index in [1.165, 1.54) is 6.07 Å². The Morgan fingerprint density at radius 2 is 2.00 bits per heavy atom. The normalized spacial score (nSPS) is 17.9. The Kier molecular flexibility index (Phi) is 5.56. The number of benzene rings is 1. The highest BCUT2D eigenvalue weighted by Crippen LogP contribution is 2.31. The van der Waals surface area contributed by atoms with Gasteiger partial charge in [0.05, 0.1) is 17.7 Å². The molecule has 0 atom stereocenters. The highest BCUT2D eigenvalue weighted by Gasteiger charge is 2.36. The SMILES string of the molecule is CC(C)(C)OC(=O)CC1(O)CCN(c2ccc(I)cc2F)CC1. The number of rotatable bonds is 3. The van der Waals surface area contributed by atoms with Gasteiger partial charge in [0, 0.05) is 16.7 Å². The van der Waals surface area contributed by atoms with Crippen LogP contribution in [0.4, 0.5) is 10.1 Å². The molecule has 6 heteroatoms. The van der Waals surface area contributed by atoms with Crippen LogP contribution in [0.25, 0.3) is 0 Å². The number of piperidine rings is 1. The van der Waals surface area contributed by atoms with Crippen LogP contribution in [-0.4, -0.2) is 35.4 Å². The molecule has 0 aliphatic carbocycles. The monoisotopic (exact) mass is 435 g/mol. The van der Waals surface area contributed by atoms with Crippen molar-refractivity contribution in [3.8, 4) is 0 Å². The molecule has 23 heavy (non-hydrogen) atoms. The standard InChI is InChI=1S/C17H23FINO3/c1-16(2,3)23-15(21)11-17(22)6-8-20(9-7-17)14-5-4-12(19)10-13(14)18/h4-5,10,22H,6-9,11H2,1-3H3. The quantitative estimate of drug-likeness (QED) is 0.584. The number of hydrogen-bond acceptors (Lipinski definition) is 4. The molecule has 1 heterocycles. The molecule has 0 spiro atoms. The summed E-state index contributed by atoms with van der Waals surface area (Å²) in [4.78, 5) is 13.8. The van der Waals surface area contributed by atoms with E-state index in [0.29, 0.717) is 31.6 Å². The minimum atomic E-state index is -1.07. The molecule has 1 aliphatic heterocycles. The first-order valence-corrected chi connectivity index (χ1v) is 8.80. The Morgan fingerprint density at radius 3 is 2.52 bits per heavy atom. The second-order valence-corrected chi connectivity index (χ2v) is 8.32. The number of esters is 1. The Morgan fingerprint density at radius 1 is 1.39 bits per heavy atom. The van der Waals surface area contributed by atoms with Crippen molar-refractivity contribution in [2.45, 2.75) is 51.2 Å². The van der Waals surface area contributed by atoms with Crippen molar-refractivity contribution in [2.24, 2.45) is 0 Å². The molecule has 0 unspecified atom stereocenters. The van der Waals surface area contributed by atoms with E-state index >= 15 is 0 Å². The van der Waals surface area contributed by atoms with Gasteiger partial charge in [0.15, 0.2) is 0 Å². The van der Waals surface area contributed by atoms with Crippen LogP contribution in [0.3, 0.4) is 0 Å². The van der Waals surface area contributed by atoms with E-state index in [0.717, 1.165) is 3.57 Å². The van der Waals surface area contributed by atoms with Crippen LogP contribution in [0.1, 0.15) is 40.0 Å². The molecule has 1 saturated heterocycles. The van der Waals surface area contributed by atoms with Gasteiger partial charge in [0.2, 0.25) is 0 Å². The fourth-order valence-electron chi connectivity index (χ4n) is 2.72. The average molecular weight is 435 g/mol. The van der Waals surface area contributed by atoms with Crippen LogP contribution in [0.2, 0.25) is 0 Å². The van der Waals surface area contributed by atoms with Gasteiger partial charge in [-0.05, 0) is 74.4 Å². The van der Waals surface area contributed by atoms with Crippen LogP contribution in [-0.2, 0) is 9.53 Å². The van der Waals surface area contributed by atoms with E-state index in [1.54, 1.807) is 26.8 Å². The number of hydrogen-bond donors (Lipinski definition) is 1. The molecule has 2 rings (SSSR count). The molecule has 4 nitrogen and oxygen atoms in total. The van der Waals surface area contributed by atoms with Gasteiger partial charge >= 0.3 is 5.97 Å². The third-order valence-corrected chi connectivity index (χ3v) is 4.51. The Balaban J connectivity index is 1.95. The minimum absolute atomic E-state index is 0.0206. The van der Waals surface area contributed by atoms with Gasteiger partial charge in [0.25, 0.3) is 0 Å². The number of halogens is 2. The predicted octanol–water partition coefficient (Wildman–Crippen LogP) is 3.49. The lowest BCUT2D eigenvalue weighted by atomic mass is 9.88. The smallest absolute Gasteiger partial charge is 0.309 e. The van der Waals surface area contributed by atoms with Crippen LogP contribution < -0.4 is 4.90 Å². The van der Waals surface area contributed by atoms with Crippen molar-refractivity contribution < 1.29 is 19.0 Å². The highest BCUT2D eigenvalue weighted by atomic mass is 127. The van der Waals surface area contributed by atoms with E-state index in [-0.39, 0.29) is 12.2 Å². The van der Waals surface area contributed by atoms with Gasteiger partial charge in [0.1, 0.15) is 11.4 Å². The maximum Gasteiger partial charge on any atom is 0.309 e. The molecule has 1 fully saturated rings. The van der Waals surface area contributed by atoms with Crippen LogP contribution in [0.5, 0.6) is 0 Å². The maximum atomic E-state index is 14.0. The molecule has 1 aliphatic rings. The Hall–Kier alpha value is -0.890. The van der Waals surface area contributed by atoms with Crippen LogP contribution in [0.15, 0.2) is 18.2 Å². The zero-order chi connectivity index (χ0) is 17.3.